The highest BCUT2D eigenvalue weighted by molar-refractivity contribution is 5.81. The summed E-state index contributed by atoms with van der Waals surface area (Å²) in [6.07, 6.45) is 2.83. The summed E-state index contributed by atoms with van der Waals surface area (Å²) in [7, 11) is 1.75. The molecular formula is C27H36N4O5. The maximum Gasteiger partial charge on any atom is 0.326 e. The fourth-order valence-electron chi connectivity index (χ4n) is 4.67. The van der Waals surface area contributed by atoms with E-state index in [-0.39, 0.29) is 17.8 Å². The first kappa shape index (κ1) is 26.1. The van der Waals surface area contributed by atoms with E-state index in [1.54, 1.807) is 32.4 Å². The van der Waals surface area contributed by atoms with E-state index in [1.807, 2.05) is 37.4 Å². The van der Waals surface area contributed by atoms with Gasteiger partial charge in [-0.2, -0.15) is 0 Å². The zero-order valence-electron chi connectivity index (χ0n) is 21.7. The summed E-state index contributed by atoms with van der Waals surface area (Å²) in [5.74, 6) is 0.306. The van der Waals surface area contributed by atoms with Crippen molar-refractivity contribution in [2.75, 3.05) is 6.61 Å². The van der Waals surface area contributed by atoms with Gasteiger partial charge in [0.05, 0.1) is 35.9 Å². The number of aromatic nitrogens is 3. The molecule has 2 aromatic heterocycles. The third kappa shape index (κ3) is 5.69. The Bertz CT molecular complexity index is 1260. The molecule has 0 radical (unpaired) electrons. The number of rotatable bonds is 9. The molecule has 1 saturated heterocycles. The number of aryl methyl sites for hydroxylation is 2. The van der Waals surface area contributed by atoms with Crippen LogP contribution in [0, 0.1) is 6.92 Å². The lowest BCUT2D eigenvalue weighted by Crippen LogP contribution is -2.46. The summed E-state index contributed by atoms with van der Waals surface area (Å²) in [5.41, 5.74) is 4.21. The predicted molar refractivity (Wildman–Crippen MR) is 138 cm³/mol. The highest BCUT2D eigenvalue weighted by Gasteiger charge is 2.26. The predicted octanol–water partition coefficient (Wildman–Crippen LogP) is 2.68. The molecule has 1 fully saturated rings. The van der Waals surface area contributed by atoms with Gasteiger partial charge in [0.15, 0.2) is 0 Å². The van der Waals surface area contributed by atoms with Crippen molar-refractivity contribution in [1.82, 2.24) is 19.4 Å². The molecule has 9 heteroatoms. The van der Waals surface area contributed by atoms with E-state index in [0.29, 0.717) is 18.7 Å². The van der Waals surface area contributed by atoms with Gasteiger partial charge in [-0.25, -0.2) is 4.98 Å². The maximum atomic E-state index is 12.4. The van der Waals surface area contributed by atoms with E-state index in [2.05, 4.69) is 9.88 Å². The summed E-state index contributed by atoms with van der Waals surface area (Å²) in [6.45, 7) is 8.75. The van der Waals surface area contributed by atoms with Gasteiger partial charge in [0, 0.05) is 37.5 Å². The minimum atomic E-state index is -0.898. The number of fused-ring (bicyclic) bond motifs is 1. The molecule has 3 heterocycles. The zero-order valence-corrected chi connectivity index (χ0v) is 21.7. The van der Waals surface area contributed by atoms with Gasteiger partial charge in [-0.3, -0.25) is 14.9 Å². The lowest BCUT2D eigenvalue weighted by Gasteiger charge is -2.21. The fraction of sp³-hybridized carbons (Fsp3) is 0.519. The number of esters is 1. The number of pyridine rings is 1. The van der Waals surface area contributed by atoms with E-state index in [0.717, 1.165) is 47.4 Å². The molecule has 1 aliphatic rings. The molecule has 194 valence electrons. The number of hydrogen-bond acceptors (Lipinski definition) is 7. The van der Waals surface area contributed by atoms with Gasteiger partial charge in [0.25, 0.3) is 5.56 Å². The van der Waals surface area contributed by atoms with Crippen molar-refractivity contribution in [3.05, 3.63) is 51.9 Å². The van der Waals surface area contributed by atoms with Gasteiger partial charge in [-0.1, -0.05) is 6.07 Å². The molecule has 9 nitrogen and oxygen atoms in total. The number of nitrogens with zero attached hydrogens (tertiary/aromatic N) is 3. The van der Waals surface area contributed by atoms with Crippen LogP contribution in [0.5, 0.6) is 0 Å². The molecule has 0 unspecified atom stereocenters. The molecule has 0 spiro atoms. The standard InChI is InChI=1S/C27H36N4O5/c1-16(2)36-27(34)24(18(4)32)28-13-19-8-9-23-22(12-19)29-25(31(23)15-21-7-6-10-35-21)20-11-17(3)26(33)30(5)14-20/h8-9,11-12,14,16,18,21,24,28,32H,6-7,10,13,15H2,1-5H3/t18-,21+,24+/m1/s1. The van der Waals surface area contributed by atoms with Crippen LogP contribution in [-0.2, 0) is 34.4 Å². The van der Waals surface area contributed by atoms with Crippen LogP contribution in [0.1, 0.15) is 44.7 Å². The summed E-state index contributed by atoms with van der Waals surface area (Å²) < 4.78 is 14.9. The second kappa shape index (κ2) is 10.9. The van der Waals surface area contributed by atoms with Gasteiger partial charge >= 0.3 is 5.97 Å². The first-order chi connectivity index (χ1) is 17.1. The fourth-order valence-corrected chi connectivity index (χ4v) is 4.67. The minimum absolute atomic E-state index is 0.0300. The Morgan fingerprint density at radius 2 is 2.08 bits per heavy atom. The van der Waals surface area contributed by atoms with Crippen LogP contribution in [0.25, 0.3) is 22.4 Å². The zero-order chi connectivity index (χ0) is 26.0. The molecule has 2 N–H and O–H groups in total. The van der Waals surface area contributed by atoms with Gasteiger partial charge < -0.3 is 23.7 Å². The van der Waals surface area contributed by atoms with E-state index >= 15 is 0 Å². The Morgan fingerprint density at radius 3 is 2.72 bits per heavy atom. The first-order valence-electron chi connectivity index (χ1n) is 12.5. The number of aliphatic hydroxyl groups excluding tert-OH is 1. The molecule has 3 aromatic rings. The first-order valence-corrected chi connectivity index (χ1v) is 12.5. The average molecular weight is 497 g/mol. The van der Waals surface area contributed by atoms with Crippen molar-refractivity contribution in [1.29, 1.82) is 0 Å². The van der Waals surface area contributed by atoms with Gasteiger partial charge in [-0.05, 0) is 64.3 Å². The quantitative estimate of drug-likeness (QED) is 0.439. The van der Waals surface area contributed by atoms with Crippen molar-refractivity contribution in [3.8, 4) is 11.4 Å². The van der Waals surface area contributed by atoms with Crippen molar-refractivity contribution < 1.29 is 19.4 Å². The van der Waals surface area contributed by atoms with Crippen LogP contribution in [0.3, 0.4) is 0 Å². The second-order valence-corrected chi connectivity index (χ2v) is 9.92. The Labute approximate surface area is 211 Å². The van der Waals surface area contributed by atoms with Crippen LogP contribution in [0.15, 0.2) is 35.3 Å². The van der Waals surface area contributed by atoms with Gasteiger partial charge in [0.1, 0.15) is 11.9 Å². The molecule has 0 amide bonds. The number of benzene rings is 1. The van der Waals surface area contributed by atoms with E-state index in [9.17, 15) is 14.7 Å². The van der Waals surface area contributed by atoms with Crippen LogP contribution in [0.4, 0.5) is 0 Å². The average Bonchev–Trinajstić information content (AvgIpc) is 3.45. The van der Waals surface area contributed by atoms with Gasteiger partial charge in [0.2, 0.25) is 0 Å². The lowest BCUT2D eigenvalue weighted by atomic mass is 10.1. The van der Waals surface area contributed by atoms with Crippen molar-refractivity contribution in [3.63, 3.8) is 0 Å². The number of aliphatic hydroxyl groups is 1. The molecule has 4 rings (SSSR count). The Kier molecular flexibility index (Phi) is 7.92. The van der Waals surface area contributed by atoms with E-state index < -0.39 is 18.1 Å². The summed E-state index contributed by atoms with van der Waals surface area (Å²) in [4.78, 5) is 29.6. The van der Waals surface area contributed by atoms with E-state index in [4.69, 9.17) is 14.5 Å². The Balaban J connectivity index is 1.67. The largest absolute Gasteiger partial charge is 0.462 e. The lowest BCUT2D eigenvalue weighted by molar-refractivity contribution is -0.152. The van der Waals surface area contributed by atoms with Crippen LogP contribution in [-0.4, -0.2) is 56.2 Å². The smallest absolute Gasteiger partial charge is 0.326 e. The summed E-state index contributed by atoms with van der Waals surface area (Å²) >= 11 is 0. The summed E-state index contributed by atoms with van der Waals surface area (Å²) in [5, 5.41) is 13.2. The SMILES string of the molecule is Cc1cc(-c2nc3cc(CN[C@H](C(=O)OC(C)C)[C@@H](C)O)ccc3n2C[C@@H]2CCCO2)cn(C)c1=O. The highest BCUT2D eigenvalue weighted by Crippen LogP contribution is 2.28. The highest BCUT2D eigenvalue weighted by atomic mass is 16.5. The second-order valence-electron chi connectivity index (χ2n) is 9.92. The van der Waals surface area contributed by atoms with Crippen molar-refractivity contribution >= 4 is 17.0 Å². The monoisotopic (exact) mass is 496 g/mol. The van der Waals surface area contributed by atoms with Gasteiger partial charge in [-0.15, -0.1) is 0 Å². The number of imidazole rings is 1. The Hall–Kier alpha value is -3.01. The molecule has 0 bridgehead atoms. The number of hydrogen-bond donors (Lipinski definition) is 2. The van der Waals surface area contributed by atoms with Crippen molar-refractivity contribution in [2.45, 2.75) is 78.0 Å². The Morgan fingerprint density at radius 1 is 1.31 bits per heavy atom. The molecule has 0 saturated carbocycles. The van der Waals surface area contributed by atoms with E-state index in [1.165, 1.54) is 0 Å². The third-order valence-corrected chi connectivity index (χ3v) is 6.46. The molecular weight excluding hydrogens is 460 g/mol. The molecule has 36 heavy (non-hydrogen) atoms. The number of carbonyl (C=O) groups is 1. The van der Waals surface area contributed by atoms with Crippen LogP contribution >= 0.6 is 0 Å². The minimum Gasteiger partial charge on any atom is -0.462 e. The molecule has 1 aliphatic heterocycles. The maximum absolute atomic E-state index is 12.4. The van der Waals surface area contributed by atoms with Crippen LogP contribution < -0.4 is 10.9 Å². The number of nitrogens with one attached hydrogen (secondary N) is 1. The normalized spacial score (nSPS) is 17.6. The molecule has 1 aromatic carbocycles. The molecule has 3 atom stereocenters. The number of ether oxygens (including phenoxy) is 2. The number of carbonyl (C=O) groups excluding carboxylic acids is 1. The van der Waals surface area contributed by atoms with Crippen molar-refractivity contribution in [2.24, 2.45) is 7.05 Å². The van der Waals surface area contributed by atoms with Crippen LogP contribution in [0.2, 0.25) is 0 Å². The molecule has 0 aliphatic carbocycles. The summed E-state index contributed by atoms with van der Waals surface area (Å²) in [6, 6.07) is 7.05. The third-order valence-electron chi connectivity index (χ3n) is 6.46. The topological polar surface area (TPSA) is 108 Å².